The lowest BCUT2D eigenvalue weighted by atomic mass is 10.0. The average molecular weight is 345 g/mol. The molecule has 1 aliphatic heterocycles. The van der Waals surface area contributed by atoms with Crippen LogP contribution in [-0.2, 0) is 10.0 Å². The van der Waals surface area contributed by atoms with Crippen LogP contribution in [0.4, 0.5) is 0 Å². The van der Waals surface area contributed by atoms with Gasteiger partial charge in [-0.25, -0.2) is 8.42 Å². The predicted octanol–water partition coefficient (Wildman–Crippen LogP) is 2.73. The zero-order valence-electron chi connectivity index (χ0n) is 13.4. The second-order valence-corrected chi connectivity index (χ2v) is 7.57. The minimum Gasteiger partial charge on any atom is -0.497 e. The van der Waals surface area contributed by atoms with Crippen LogP contribution >= 0.6 is 0 Å². The van der Waals surface area contributed by atoms with Gasteiger partial charge in [-0.1, -0.05) is 18.2 Å². The molecule has 1 fully saturated rings. The van der Waals surface area contributed by atoms with E-state index in [4.69, 9.17) is 4.74 Å². The maximum absolute atomic E-state index is 12.8. The molecule has 2 aromatic rings. The highest BCUT2D eigenvalue weighted by molar-refractivity contribution is 7.89. The number of benzene rings is 2. The number of Topliss-reactive ketones (excluding diaryl/α,β-unsaturated/α-hetero) is 1. The van der Waals surface area contributed by atoms with E-state index in [1.54, 1.807) is 61.7 Å². The van der Waals surface area contributed by atoms with E-state index in [0.717, 1.165) is 0 Å². The summed E-state index contributed by atoms with van der Waals surface area (Å²) in [5, 5.41) is 0. The summed E-state index contributed by atoms with van der Waals surface area (Å²) in [6.07, 6.45) is 1.22. The van der Waals surface area contributed by atoms with Gasteiger partial charge in [-0.15, -0.1) is 0 Å². The van der Waals surface area contributed by atoms with Crippen molar-refractivity contribution in [1.29, 1.82) is 0 Å². The summed E-state index contributed by atoms with van der Waals surface area (Å²) in [5.41, 5.74) is 0.496. The zero-order chi connectivity index (χ0) is 17.2. The van der Waals surface area contributed by atoms with E-state index in [2.05, 4.69) is 0 Å². The first kappa shape index (κ1) is 16.7. The van der Waals surface area contributed by atoms with Gasteiger partial charge < -0.3 is 4.74 Å². The fourth-order valence-electron chi connectivity index (χ4n) is 2.97. The number of ether oxygens (including phenoxy) is 1. The Morgan fingerprint density at radius 3 is 2.38 bits per heavy atom. The Hall–Kier alpha value is -2.18. The van der Waals surface area contributed by atoms with Crippen LogP contribution in [0.15, 0.2) is 59.5 Å². The van der Waals surface area contributed by atoms with Crippen molar-refractivity contribution in [3.05, 3.63) is 60.2 Å². The topological polar surface area (TPSA) is 63.7 Å². The first-order chi connectivity index (χ1) is 11.5. The van der Waals surface area contributed by atoms with Gasteiger partial charge in [0, 0.05) is 12.1 Å². The molecule has 1 saturated heterocycles. The largest absolute Gasteiger partial charge is 0.497 e. The lowest BCUT2D eigenvalue weighted by molar-refractivity contribution is 0.0918. The molecule has 0 aromatic heterocycles. The molecule has 0 amide bonds. The van der Waals surface area contributed by atoms with Crippen molar-refractivity contribution in [2.24, 2.45) is 0 Å². The monoisotopic (exact) mass is 345 g/mol. The second-order valence-electron chi connectivity index (χ2n) is 5.68. The van der Waals surface area contributed by atoms with Crippen LogP contribution in [0.3, 0.4) is 0 Å². The Morgan fingerprint density at radius 2 is 1.75 bits per heavy atom. The van der Waals surface area contributed by atoms with E-state index in [9.17, 15) is 13.2 Å². The predicted molar refractivity (Wildman–Crippen MR) is 90.7 cm³/mol. The van der Waals surface area contributed by atoms with Gasteiger partial charge in [0.15, 0.2) is 5.78 Å². The summed E-state index contributed by atoms with van der Waals surface area (Å²) in [6, 6.07) is 14.4. The van der Waals surface area contributed by atoms with Crippen LogP contribution in [0.5, 0.6) is 5.75 Å². The van der Waals surface area contributed by atoms with Crippen LogP contribution in [0.2, 0.25) is 0 Å². The molecule has 1 atom stereocenters. The lowest BCUT2D eigenvalue weighted by Crippen LogP contribution is -2.40. The van der Waals surface area contributed by atoms with Crippen LogP contribution in [0.25, 0.3) is 0 Å². The first-order valence-electron chi connectivity index (χ1n) is 7.79. The second kappa shape index (κ2) is 6.75. The van der Waals surface area contributed by atoms with Gasteiger partial charge in [-0.2, -0.15) is 4.31 Å². The Balaban J connectivity index is 1.88. The van der Waals surface area contributed by atoms with Crippen LogP contribution in [0.1, 0.15) is 23.2 Å². The number of ketones is 1. The van der Waals surface area contributed by atoms with Gasteiger partial charge >= 0.3 is 0 Å². The minimum absolute atomic E-state index is 0.172. The summed E-state index contributed by atoms with van der Waals surface area (Å²) in [5.74, 6) is 0.487. The van der Waals surface area contributed by atoms with Gasteiger partial charge in [0.1, 0.15) is 5.75 Å². The Labute approximate surface area is 141 Å². The maximum Gasteiger partial charge on any atom is 0.243 e. The van der Waals surface area contributed by atoms with E-state index < -0.39 is 16.1 Å². The highest BCUT2D eigenvalue weighted by atomic mass is 32.2. The maximum atomic E-state index is 12.8. The number of carbonyl (C=O) groups is 1. The van der Waals surface area contributed by atoms with Crippen LogP contribution < -0.4 is 4.74 Å². The smallest absolute Gasteiger partial charge is 0.243 e. The third-order valence-electron chi connectivity index (χ3n) is 4.23. The summed E-state index contributed by atoms with van der Waals surface area (Å²) < 4.78 is 32.1. The SMILES string of the molecule is COc1ccc(C(=O)C2CCCN2S(=O)(=O)c2ccccc2)cc1. The van der Waals surface area contributed by atoms with Crippen molar-refractivity contribution in [3.63, 3.8) is 0 Å². The molecular formula is C18H19NO4S. The van der Waals surface area contributed by atoms with Crippen molar-refractivity contribution >= 4 is 15.8 Å². The number of nitrogens with zero attached hydrogens (tertiary/aromatic N) is 1. The molecule has 0 saturated carbocycles. The van der Waals surface area contributed by atoms with Crippen molar-refractivity contribution in [2.75, 3.05) is 13.7 Å². The molecule has 6 heteroatoms. The van der Waals surface area contributed by atoms with Gasteiger partial charge in [0.05, 0.1) is 18.0 Å². The van der Waals surface area contributed by atoms with Crippen molar-refractivity contribution in [2.45, 2.75) is 23.8 Å². The highest BCUT2D eigenvalue weighted by Gasteiger charge is 2.39. The molecule has 24 heavy (non-hydrogen) atoms. The van der Waals surface area contributed by atoms with E-state index in [-0.39, 0.29) is 10.7 Å². The average Bonchev–Trinajstić information content (AvgIpc) is 3.12. The third-order valence-corrected chi connectivity index (χ3v) is 6.15. The molecule has 0 aliphatic carbocycles. The number of rotatable bonds is 5. The molecule has 0 bridgehead atoms. The quantitative estimate of drug-likeness (QED) is 0.782. The van der Waals surface area contributed by atoms with E-state index >= 15 is 0 Å². The van der Waals surface area contributed by atoms with Gasteiger partial charge in [-0.05, 0) is 49.2 Å². The summed E-state index contributed by atoms with van der Waals surface area (Å²) >= 11 is 0. The molecule has 1 heterocycles. The zero-order valence-corrected chi connectivity index (χ0v) is 14.2. The minimum atomic E-state index is -3.67. The molecule has 1 unspecified atom stereocenters. The summed E-state index contributed by atoms with van der Waals surface area (Å²) in [7, 11) is -2.11. The molecule has 0 N–H and O–H groups in total. The highest BCUT2D eigenvalue weighted by Crippen LogP contribution is 2.28. The summed E-state index contributed by atoms with van der Waals surface area (Å²) in [6.45, 7) is 0.365. The Kier molecular flexibility index (Phi) is 4.69. The van der Waals surface area contributed by atoms with Crippen LogP contribution in [0, 0.1) is 0 Å². The number of hydrogen-bond donors (Lipinski definition) is 0. The van der Waals surface area contributed by atoms with Crippen molar-refractivity contribution in [1.82, 2.24) is 4.31 Å². The summed E-state index contributed by atoms with van der Waals surface area (Å²) in [4.78, 5) is 13.0. The molecular weight excluding hydrogens is 326 g/mol. The fourth-order valence-corrected chi connectivity index (χ4v) is 4.64. The first-order valence-corrected chi connectivity index (χ1v) is 9.23. The van der Waals surface area contributed by atoms with Crippen LogP contribution in [-0.4, -0.2) is 38.2 Å². The number of hydrogen-bond acceptors (Lipinski definition) is 4. The standard InChI is InChI=1S/C18H19NO4S/c1-23-15-11-9-14(10-12-15)18(20)17-8-5-13-19(17)24(21,22)16-6-3-2-4-7-16/h2-4,6-7,9-12,17H,5,8,13H2,1H3. The van der Waals surface area contributed by atoms with E-state index in [1.165, 1.54) is 4.31 Å². The van der Waals surface area contributed by atoms with Gasteiger partial charge in [0.25, 0.3) is 0 Å². The van der Waals surface area contributed by atoms with Crippen molar-refractivity contribution in [3.8, 4) is 5.75 Å². The lowest BCUT2D eigenvalue weighted by Gasteiger charge is -2.23. The molecule has 1 aliphatic rings. The Morgan fingerprint density at radius 1 is 1.08 bits per heavy atom. The number of methoxy groups -OCH3 is 1. The van der Waals surface area contributed by atoms with Crippen molar-refractivity contribution < 1.29 is 17.9 Å². The number of sulfonamides is 1. The fraction of sp³-hybridized carbons (Fsp3) is 0.278. The molecule has 126 valence electrons. The molecule has 0 radical (unpaired) electrons. The molecule has 5 nitrogen and oxygen atoms in total. The molecule has 2 aromatic carbocycles. The van der Waals surface area contributed by atoms with Gasteiger partial charge in [0.2, 0.25) is 10.0 Å². The van der Waals surface area contributed by atoms with Gasteiger partial charge in [-0.3, -0.25) is 4.79 Å². The van der Waals surface area contributed by atoms with E-state index in [0.29, 0.717) is 30.7 Å². The van der Waals surface area contributed by atoms with E-state index in [1.807, 2.05) is 0 Å². The normalized spacial score (nSPS) is 18.5. The number of carbonyl (C=O) groups excluding carboxylic acids is 1. The molecule has 0 spiro atoms. The Bertz CT molecular complexity index is 816. The third kappa shape index (κ3) is 3.07. The molecule has 3 rings (SSSR count).